The minimum absolute atomic E-state index is 0.0903. The highest BCUT2D eigenvalue weighted by molar-refractivity contribution is 5.21. The molecule has 1 aromatic rings. The summed E-state index contributed by atoms with van der Waals surface area (Å²) in [5.74, 6) is 0.968. The fourth-order valence-electron chi connectivity index (χ4n) is 1.53. The SMILES string of the molecule is Cc1ccoc1[C@H](N)C1(C)CC1. The third kappa shape index (κ3) is 1.07. The average molecular weight is 165 g/mol. The van der Waals surface area contributed by atoms with Gasteiger partial charge in [-0.05, 0) is 36.8 Å². The lowest BCUT2D eigenvalue weighted by Crippen LogP contribution is -2.20. The van der Waals surface area contributed by atoms with Crippen molar-refractivity contribution in [2.45, 2.75) is 32.7 Å². The Bertz CT molecular complexity index is 286. The third-order valence-electron chi connectivity index (χ3n) is 2.97. The smallest absolute Gasteiger partial charge is 0.123 e. The minimum atomic E-state index is 0.0903. The van der Waals surface area contributed by atoms with Crippen LogP contribution in [0.5, 0.6) is 0 Å². The van der Waals surface area contributed by atoms with Crippen LogP contribution in [-0.2, 0) is 0 Å². The molecular weight excluding hydrogens is 150 g/mol. The van der Waals surface area contributed by atoms with Gasteiger partial charge in [0, 0.05) is 0 Å². The Balaban J connectivity index is 2.25. The van der Waals surface area contributed by atoms with Gasteiger partial charge in [0.15, 0.2) is 0 Å². The highest BCUT2D eigenvalue weighted by Crippen LogP contribution is 2.53. The third-order valence-corrected chi connectivity index (χ3v) is 2.97. The van der Waals surface area contributed by atoms with Gasteiger partial charge >= 0.3 is 0 Å². The van der Waals surface area contributed by atoms with E-state index in [0.717, 1.165) is 5.76 Å². The number of furan rings is 1. The molecule has 1 aromatic heterocycles. The van der Waals surface area contributed by atoms with Crippen molar-refractivity contribution in [1.29, 1.82) is 0 Å². The standard InChI is InChI=1S/C10H15NO/c1-7-3-6-12-8(7)9(11)10(2)4-5-10/h3,6,9H,4-5,11H2,1-2H3/t9-/m0/s1. The average Bonchev–Trinajstić information content (AvgIpc) is 2.63. The molecule has 0 aromatic carbocycles. The van der Waals surface area contributed by atoms with Gasteiger partial charge < -0.3 is 10.2 Å². The molecule has 0 saturated heterocycles. The Kier molecular flexibility index (Phi) is 1.55. The zero-order valence-corrected chi connectivity index (χ0v) is 7.63. The fraction of sp³-hybridized carbons (Fsp3) is 0.600. The molecule has 0 unspecified atom stereocenters. The van der Waals surface area contributed by atoms with Crippen LogP contribution in [0.15, 0.2) is 16.7 Å². The van der Waals surface area contributed by atoms with E-state index in [-0.39, 0.29) is 6.04 Å². The van der Waals surface area contributed by atoms with Crippen molar-refractivity contribution in [3.63, 3.8) is 0 Å². The van der Waals surface area contributed by atoms with Gasteiger partial charge in [-0.3, -0.25) is 0 Å². The zero-order chi connectivity index (χ0) is 8.77. The highest BCUT2D eigenvalue weighted by Gasteiger charge is 2.45. The Labute approximate surface area is 72.7 Å². The fourth-order valence-corrected chi connectivity index (χ4v) is 1.53. The van der Waals surface area contributed by atoms with Gasteiger partial charge in [-0.25, -0.2) is 0 Å². The summed E-state index contributed by atoms with van der Waals surface area (Å²) >= 11 is 0. The van der Waals surface area contributed by atoms with Gasteiger partial charge in [-0.1, -0.05) is 6.92 Å². The number of aryl methyl sites for hydroxylation is 1. The number of nitrogens with two attached hydrogens (primary N) is 1. The van der Waals surface area contributed by atoms with Gasteiger partial charge in [0.25, 0.3) is 0 Å². The molecule has 1 saturated carbocycles. The Morgan fingerprint density at radius 1 is 1.58 bits per heavy atom. The zero-order valence-electron chi connectivity index (χ0n) is 7.63. The first kappa shape index (κ1) is 7.87. The topological polar surface area (TPSA) is 39.2 Å². The summed E-state index contributed by atoms with van der Waals surface area (Å²) in [6, 6.07) is 2.06. The van der Waals surface area contributed by atoms with Crippen molar-refractivity contribution >= 4 is 0 Å². The van der Waals surface area contributed by atoms with Crippen LogP contribution in [0.4, 0.5) is 0 Å². The summed E-state index contributed by atoms with van der Waals surface area (Å²) < 4.78 is 5.37. The molecule has 2 nitrogen and oxygen atoms in total. The lowest BCUT2D eigenvalue weighted by molar-refractivity contribution is 0.366. The van der Waals surface area contributed by atoms with Crippen LogP contribution in [0.25, 0.3) is 0 Å². The molecule has 1 fully saturated rings. The lowest BCUT2D eigenvalue weighted by Gasteiger charge is -2.16. The van der Waals surface area contributed by atoms with E-state index in [1.807, 2.05) is 13.0 Å². The van der Waals surface area contributed by atoms with Crippen LogP contribution in [-0.4, -0.2) is 0 Å². The lowest BCUT2D eigenvalue weighted by atomic mass is 9.96. The maximum atomic E-state index is 6.09. The van der Waals surface area contributed by atoms with Gasteiger partial charge in [0.1, 0.15) is 5.76 Å². The summed E-state index contributed by atoms with van der Waals surface area (Å²) in [5, 5.41) is 0. The molecule has 66 valence electrons. The van der Waals surface area contributed by atoms with Crippen LogP contribution in [0.2, 0.25) is 0 Å². The summed E-state index contributed by atoms with van der Waals surface area (Å²) in [5.41, 5.74) is 7.57. The molecule has 0 spiro atoms. The molecular formula is C10H15NO. The van der Waals surface area contributed by atoms with Gasteiger partial charge in [0.05, 0.1) is 12.3 Å². The summed E-state index contributed by atoms with van der Waals surface area (Å²) in [7, 11) is 0. The van der Waals surface area contributed by atoms with E-state index in [1.54, 1.807) is 6.26 Å². The Morgan fingerprint density at radius 3 is 2.67 bits per heavy atom. The van der Waals surface area contributed by atoms with Crippen LogP contribution < -0.4 is 5.73 Å². The molecule has 2 rings (SSSR count). The van der Waals surface area contributed by atoms with Crippen molar-refractivity contribution in [1.82, 2.24) is 0 Å². The number of hydrogen-bond donors (Lipinski definition) is 1. The second-order valence-corrected chi connectivity index (χ2v) is 4.10. The van der Waals surface area contributed by atoms with Crippen molar-refractivity contribution in [2.75, 3.05) is 0 Å². The molecule has 1 atom stereocenters. The van der Waals surface area contributed by atoms with Crippen molar-refractivity contribution in [3.8, 4) is 0 Å². The molecule has 0 aliphatic heterocycles. The van der Waals surface area contributed by atoms with Crippen molar-refractivity contribution in [3.05, 3.63) is 23.7 Å². The van der Waals surface area contributed by atoms with E-state index in [9.17, 15) is 0 Å². The predicted octanol–water partition coefficient (Wildman–Crippen LogP) is 2.39. The quantitative estimate of drug-likeness (QED) is 0.730. The van der Waals surface area contributed by atoms with Crippen molar-refractivity contribution < 1.29 is 4.42 Å². The summed E-state index contributed by atoms with van der Waals surface area (Å²) in [6.07, 6.45) is 4.18. The van der Waals surface area contributed by atoms with Gasteiger partial charge in [-0.2, -0.15) is 0 Å². The summed E-state index contributed by atoms with van der Waals surface area (Å²) in [6.45, 7) is 4.27. The monoisotopic (exact) mass is 165 g/mol. The first-order valence-corrected chi connectivity index (χ1v) is 4.43. The highest BCUT2D eigenvalue weighted by atomic mass is 16.3. The van der Waals surface area contributed by atoms with E-state index >= 15 is 0 Å². The van der Waals surface area contributed by atoms with E-state index in [1.165, 1.54) is 18.4 Å². The first-order valence-electron chi connectivity index (χ1n) is 4.43. The normalized spacial score (nSPS) is 22.2. The van der Waals surface area contributed by atoms with E-state index in [4.69, 9.17) is 10.2 Å². The maximum Gasteiger partial charge on any atom is 0.123 e. The second kappa shape index (κ2) is 2.36. The Morgan fingerprint density at radius 2 is 2.25 bits per heavy atom. The molecule has 0 amide bonds. The van der Waals surface area contributed by atoms with E-state index < -0.39 is 0 Å². The largest absolute Gasteiger partial charge is 0.467 e. The summed E-state index contributed by atoms with van der Waals surface area (Å²) in [4.78, 5) is 0. The van der Waals surface area contributed by atoms with Crippen LogP contribution in [0.1, 0.15) is 37.1 Å². The molecule has 1 aliphatic carbocycles. The predicted molar refractivity (Wildman–Crippen MR) is 47.7 cm³/mol. The molecule has 12 heavy (non-hydrogen) atoms. The molecule has 1 aliphatic rings. The molecule has 0 radical (unpaired) electrons. The number of rotatable bonds is 2. The van der Waals surface area contributed by atoms with E-state index in [0.29, 0.717) is 5.41 Å². The van der Waals surface area contributed by atoms with Crippen LogP contribution in [0.3, 0.4) is 0 Å². The molecule has 2 heteroatoms. The second-order valence-electron chi connectivity index (χ2n) is 4.10. The number of hydrogen-bond acceptors (Lipinski definition) is 2. The molecule has 0 bridgehead atoms. The first-order chi connectivity index (χ1) is 5.63. The maximum absolute atomic E-state index is 6.09. The Hall–Kier alpha value is -0.760. The van der Waals surface area contributed by atoms with Gasteiger partial charge in [0.2, 0.25) is 0 Å². The molecule has 2 N–H and O–H groups in total. The molecule has 1 heterocycles. The van der Waals surface area contributed by atoms with E-state index in [2.05, 4.69) is 6.92 Å². The van der Waals surface area contributed by atoms with Gasteiger partial charge in [-0.15, -0.1) is 0 Å². The van der Waals surface area contributed by atoms with Crippen LogP contribution >= 0.6 is 0 Å². The van der Waals surface area contributed by atoms with Crippen LogP contribution in [0, 0.1) is 12.3 Å². The minimum Gasteiger partial charge on any atom is -0.467 e. The van der Waals surface area contributed by atoms with Crippen molar-refractivity contribution in [2.24, 2.45) is 11.1 Å².